The van der Waals surface area contributed by atoms with Crippen molar-refractivity contribution in [2.45, 2.75) is 26.3 Å². The Kier molecular flexibility index (Phi) is 4.28. The lowest BCUT2D eigenvalue weighted by Gasteiger charge is -2.07. The zero-order valence-corrected chi connectivity index (χ0v) is 10.9. The van der Waals surface area contributed by atoms with Crippen LogP contribution in [-0.2, 0) is 11.3 Å². The van der Waals surface area contributed by atoms with E-state index in [4.69, 9.17) is 0 Å². The van der Waals surface area contributed by atoms with Crippen LogP contribution in [0.2, 0.25) is 0 Å². The summed E-state index contributed by atoms with van der Waals surface area (Å²) >= 11 is 0. The topological polar surface area (TPSA) is 64.0 Å². The molecule has 5 nitrogen and oxygen atoms in total. The van der Waals surface area contributed by atoms with Crippen molar-refractivity contribution in [2.75, 3.05) is 6.54 Å². The van der Waals surface area contributed by atoms with Gasteiger partial charge in [-0.25, -0.2) is 4.98 Å². The summed E-state index contributed by atoms with van der Waals surface area (Å²) in [5.74, 6) is -0.0399. The maximum Gasteiger partial charge on any atom is 0.261 e. The van der Waals surface area contributed by atoms with Gasteiger partial charge in [-0.2, -0.15) is 0 Å². The van der Waals surface area contributed by atoms with Crippen LogP contribution in [0.25, 0.3) is 10.9 Å². The SMILES string of the molecule is CCCNC(=O)CCn1cnc2ccccc2c1=O. The van der Waals surface area contributed by atoms with E-state index >= 15 is 0 Å². The predicted molar refractivity (Wildman–Crippen MR) is 73.9 cm³/mol. The van der Waals surface area contributed by atoms with Crippen molar-refractivity contribution in [1.29, 1.82) is 0 Å². The molecule has 0 aliphatic rings. The van der Waals surface area contributed by atoms with Crippen LogP contribution < -0.4 is 10.9 Å². The van der Waals surface area contributed by atoms with Crippen LogP contribution in [0.15, 0.2) is 35.4 Å². The van der Waals surface area contributed by atoms with Gasteiger partial charge in [0.05, 0.1) is 17.2 Å². The molecule has 0 aliphatic heterocycles. The lowest BCUT2D eigenvalue weighted by atomic mass is 10.2. The Morgan fingerprint density at radius 3 is 2.95 bits per heavy atom. The van der Waals surface area contributed by atoms with Gasteiger partial charge in [0.1, 0.15) is 0 Å². The van der Waals surface area contributed by atoms with Crippen molar-refractivity contribution >= 4 is 16.8 Å². The fraction of sp³-hybridized carbons (Fsp3) is 0.357. The molecule has 19 heavy (non-hydrogen) atoms. The molecular formula is C14H17N3O2. The molecule has 0 spiro atoms. The van der Waals surface area contributed by atoms with Gasteiger partial charge in [0.15, 0.2) is 0 Å². The Bertz CT molecular complexity index is 634. The highest BCUT2D eigenvalue weighted by atomic mass is 16.1. The summed E-state index contributed by atoms with van der Waals surface area (Å²) in [4.78, 5) is 27.9. The molecule has 1 N–H and O–H groups in total. The normalized spacial score (nSPS) is 10.6. The minimum absolute atomic E-state index is 0.0399. The summed E-state index contributed by atoms with van der Waals surface area (Å²) in [5.41, 5.74) is 0.577. The molecule has 1 aromatic heterocycles. The Morgan fingerprint density at radius 2 is 2.16 bits per heavy atom. The molecule has 0 saturated heterocycles. The smallest absolute Gasteiger partial charge is 0.261 e. The zero-order chi connectivity index (χ0) is 13.7. The number of benzene rings is 1. The first kappa shape index (κ1) is 13.3. The van der Waals surface area contributed by atoms with Crippen LogP contribution in [0.5, 0.6) is 0 Å². The first-order valence-electron chi connectivity index (χ1n) is 6.43. The van der Waals surface area contributed by atoms with Gasteiger partial charge in [0.2, 0.25) is 5.91 Å². The van der Waals surface area contributed by atoms with Gasteiger partial charge >= 0.3 is 0 Å². The van der Waals surface area contributed by atoms with E-state index < -0.39 is 0 Å². The molecule has 0 radical (unpaired) electrons. The minimum Gasteiger partial charge on any atom is -0.356 e. The third-order valence-corrected chi connectivity index (χ3v) is 2.88. The van der Waals surface area contributed by atoms with E-state index in [1.165, 1.54) is 10.9 Å². The highest BCUT2D eigenvalue weighted by molar-refractivity contribution is 5.77. The fourth-order valence-corrected chi connectivity index (χ4v) is 1.84. The molecule has 1 amide bonds. The van der Waals surface area contributed by atoms with Crippen LogP contribution >= 0.6 is 0 Å². The lowest BCUT2D eigenvalue weighted by molar-refractivity contribution is -0.121. The number of nitrogens with zero attached hydrogens (tertiary/aromatic N) is 2. The molecular weight excluding hydrogens is 242 g/mol. The largest absolute Gasteiger partial charge is 0.356 e. The van der Waals surface area contributed by atoms with Crippen LogP contribution in [0.4, 0.5) is 0 Å². The van der Waals surface area contributed by atoms with Gasteiger partial charge < -0.3 is 5.32 Å². The number of para-hydroxylation sites is 1. The number of amides is 1. The van der Waals surface area contributed by atoms with E-state index in [1.807, 2.05) is 19.1 Å². The molecule has 0 fully saturated rings. The molecule has 0 atom stereocenters. The van der Waals surface area contributed by atoms with Gasteiger partial charge in [-0.3, -0.25) is 14.2 Å². The van der Waals surface area contributed by atoms with Gasteiger partial charge in [-0.15, -0.1) is 0 Å². The van der Waals surface area contributed by atoms with Crippen LogP contribution in [0.3, 0.4) is 0 Å². The zero-order valence-electron chi connectivity index (χ0n) is 10.9. The number of fused-ring (bicyclic) bond motifs is 1. The van der Waals surface area contributed by atoms with E-state index in [0.717, 1.165) is 6.42 Å². The number of aryl methyl sites for hydroxylation is 1. The number of carbonyl (C=O) groups excluding carboxylic acids is 1. The second kappa shape index (κ2) is 6.13. The molecule has 0 bridgehead atoms. The third kappa shape index (κ3) is 3.19. The fourth-order valence-electron chi connectivity index (χ4n) is 1.84. The summed E-state index contributed by atoms with van der Waals surface area (Å²) in [5, 5.41) is 3.37. The third-order valence-electron chi connectivity index (χ3n) is 2.88. The average Bonchev–Trinajstić information content (AvgIpc) is 2.44. The highest BCUT2D eigenvalue weighted by Crippen LogP contribution is 2.04. The molecule has 1 aromatic carbocycles. The maximum absolute atomic E-state index is 12.1. The van der Waals surface area contributed by atoms with E-state index in [0.29, 0.717) is 30.4 Å². The van der Waals surface area contributed by atoms with E-state index in [9.17, 15) is 9.59 Å². The molecule has 2 rings (SSSR count). The maximum atomic E-state index is 12.1. The van der Waals surface area contributed by atoms with E-state index in [-0.39, 0.29) is 11.5 Å². The number of nitrogens with one attached hydrogen (secondary N) is 1. The van der Waals surface area contributed by atoms with Gasteiger partial charge in [0.25, 0.3) is 5.56 Å². The number of aromatic nitrogens is 2. The molecule has 100 valence electrons. The predicted octanol–water partition coefficient (Wildman–Crippen LogP) is 1.31. The minimum atomic E-state index is -0.103. The Labute approximate surface area is 111 Å². The second-order valence-electron chi connectivity index (χ2n) is 4.36. The summed E-state index contributed by atoms with van der Waals surface area (Å²) in [7, 11) is 0. The molecule has 2 aromatic rings. The van der Waals surface area contributed by atoms with Gasteiger partial charge in [-0.1, -0.05) is 19.1 Å². The van der Waals surface area contributed by atoms with Crippen molar-refractivity contribution < 1.29 is 4.79 Å². The summed E-state index contributed by atoms with van der Waals surface area (Å²) < 4.78 is 1.48. The Morgan fingerprint density at radius 1 is 1.37 bits per heavy atom. The first-order valence-corrected chi connectivity index (χ1v) is 6.43. The molecule has 1 heterocycles. The molecule has 5 heteroatoms. The Balaban J connectivity index is 2.11. The summed E-state index contributed by atoms with van der Waals surface area (Å²) in [6.07, 6.45) is 2.70. The van der Waals surface area contributed by atoms with Crippen molar-refractivity contribution in [3.05, 3.63) is 40.9 Å². The van der Waals surface area contributed by atoms with Crippen molar-refractivity contribution in [3.63, 3.8) is 0 Å². The average molecular weight is 259 g/mol. The first-order chi connectivity index (χ1) is 9.22. The number of hydrogen-bond acceptors (Lipinski definition) is 3. The van der Waals surface area contributed by atoms with Crippen molar-refractivity contribution in [2.24, 2.45) is 0 Å². The highest BCUT2D eigenvalue weighted by Gasteiger charge is 2.05. The quantitative estimate of drug-likeness (QED) is 0.880. The monoisotopic (exact) mass is 259 g/mol. The number of hydrogen-bond donors (Lipinski definition) is 1. The van der Waals surface area contributed by atoms with Crippen molar-refractivity contribution in [3.8, 4) is 0 Å². The number of carbonyl (C=O) groups is 1. The van der Waals surface area contributed by atoms with Gasteiger partial charge in [0, 0.05) is 19.5 Å². The van der Waals surface area contributed by atoms with E-state index in [2.05, 4.69) is 10.3 Å². The summed E-state index contributed by atoms with van der Waals surface area (Å²) in [6.45, 7) is 3.02. The lowest BCUT2D eigenvalue weighted by Crippen LogP contribution is -2.28. The number of rotatable bonds is 5. The van der Waals surface area contributed by atoms with Gasteiger partial charge in [-0.05, 0) is 18.6 Å². The summed E-state index contributed by atoms with van der Waals surface area (Å²) in [6, 6.07) is 7.20. The molecule has 0 aliphatic carbocycles. The van der Waals surface area contributed by atoms with Crippen LogP contribution in [-0.4, -0.2) is 22.0 Å². The second-order valence-corrected chi connectivity index (χ2v) is 4.36. The van der Waals surface area contributed by atoms with Crippen LogP contribution in [0, 0.1) is 0 Å². The Hall–Kier alpha value is -2.17. The molecule has 0 saturated carbocycles. The van der Waals surface area contributed by atoms with Crippen molar-refractivity contribution in [1.82, 2.24) is 14.9 Å². The standard InChI is InChI=1S/C14H17N3O2/c1-2-8-15-13(18)7-9-17-10-16-12-6-4-3-5-11(12)14(17)19/h3-6,10H,2,7-9H2,1H3,(H,15,18). The molecule has 0 unspecified atom stereocenters. The van der Waals surface area contributed by atoms with Crippen LogP contribution in [0.1, 0.15) is 19.8 Å². The van der Waals surface area contributed by atoms with E-state index in [1.54, 1.807) is 12.1 Å².